The van der Waals surface area contributed by atoms with Gasteiger partial charge in [0, 0.05) is 6.54 Å². The number of carboxylic acid groups (broad SMARTS) is 1. The fraction of sp³-hybridized carbons (Fsp3) is 0.562. The Hall–Kier alpha value is -1.75. The molecule has 3 rings (SSSR count). The van der Waals surface area contributed by atoms with Gasteiger partial charge in [0.05, 0.1) is 13.2 Å². The molecule has 114 valence electrons. The lowest BCUT2D eigenvalue weighted by molar-refractivity contribution is -0.142. The summed E-state index contributed by atoms with van der Waals surface area (Å²) >= 11 is 0. The van der Waals surface area contributed by atoms with Crippen LogP contribution in [0.5, 0.6) is 11.5 Å². The van der Waals surface area contributed by atoms with Gasteiger partial charge in [-0.2, -0.15) is 0 Å². The van der Waals surface area contributed by atoms with E-state index in [9.17, 15) is 9.90 Å². The van der Waals surface area contributed by atoms with Gasteiger partial charge in [-0.1, -0.05) is 6.07 Å². The van der Waals surface area contributed by atoms with Gasteiger partial charge in [-0.15, -0.1) is 0 Å². The first-order valence-electron chi connectivity index (χ1n) is 7.59. The fourth-order valence-electron chi connectivity index (χ4n) is 2.98. The summed E-state index contributed by atoms with van der Waals surface area (Å²) in [5.41, 5.74) is 1.08. The molecule has 0 radical (unpaired) electrons. The van der Waals surface area contributed by atoms with Gasteiger partial charge in [-0.05, 0) is 49.9 Å². The third-order valence-corrected chi connectivity index (χ3v) is 4.10. The highest BCUT2D eigenvalue weighted by molar-refractivity contribution is 5.73. The van der Waals surface area contributed by atoms with Gasteiger partial charge in [0.1, 0.15) is 6.04 Å². The lowest BCUT2D eigenvalue weighted by Crippen LogP contribution is -2.35. The Balaban J connectivity index is 1.74. The predicted octanol–water partition coefficient (Wildman–Crippen LogP) is 2.29. The molecule has 0 saturated carbocycles. The van der Waals surface area contributed by atoms with Gasteiger partial charge >= 0.3 is 5.97 Å². The van der Waals surface area contributed by atoms with E-state index in [0.29, 0.717) is 13.2 Å². The molecule has 0 spiro atoms. The zero-order valence-electron chi connectivity index (χ0n) is 12.1. The van der Waals surface area contributed by atoms with E-state index >= 15 is 0 Å². The van der Waals surface area contributed by atoms with Crippen LogP contribution in [0.1, 0.15) is 31.2 Å². The van der Waals surface area contributed by atoms with E-state index < -0.39 is 5.97 Å². The molecule has 2 aliphatic heterocycles. The zero-order valence-corrected chi connectivity index (χ0v) is 12.1. The number of carboxylic acids is 1. The molecule has 2 aliphatic rings. The van der Waals surface area contributed by atoms with E-state index in [-0.39, 0.29) is 6.04 Å². The molecule has 0 amide bonds. The number of likely N-dealkylation sites (tertiary alicyclic amines) is 1. The van der Waals surface area contributed by atoms with Crippen molar-refractivity contribution in [1.29, 1.82) is 0 Å². The molecule has 0 aliphatic carbocycles. The normalized spacial score (nSPS) is 22.6. The first kappa shape index (κ1) is 14.2. The Bertz CT molecular complexity index is 517. The van der Waals surface area contributed by atoms with Crippen LogP contribution in [0.25, 0.3) is 0 Å². The summed E-state index contributed by atoms with van der Waals surface area (Å²) in [7, 11) is 0. The van der Waals surface area contributed by atoms with E-state index in [1.54, 1.807) is 0 Å². The third-order valence-electron chi connectivity index (χ3n) is 4.10. The second-order valence-electron chi connectivity index (χ2n) is 5.65. The minimum Gasteiger partial charge on any atom is -0.490 e. The molecule has 2 heterocycles. The van der Waals surface area contributed by atoms with Gasteiger partial charge < -0.3 is 14.6 Å². The van der Waals surface area contributed by atoms with Crippen LogP contribution in [0.4, 0.5) is 0 Å². The number of ether oxygens (including phenoxy) is 2. The van der Waals surface area contributed by atoms with Crippen molar-refractivity contribution in [3.63, 3.8) is 0 Å². The third kappa shape index (κ3) is 3.29. The predicted molar refractivity (Wildman–Crippen MR) is 77.7 cm³/mol. The Morgan fingerprint density at radius 1 is 1.19 bits per heavy atom. The van der Waals surface area contributed by atoms with E-state index in [2.05, 4.69) is 0 Å². The molecule has 0 bridgehead atoms. The number of hydrogen-bond donors (Lipinski definition) is 1. The fourth-order valence-corrected chi connectivity index (χ4v) is 2.98. The topological polar surface area (TPSA) is 59.0 Å². The number of nitrogens with zero attached hydrogens (tertiary/aromatic N) is 1. The van der Waals surface area contributed by atoms with Crippen molar-refractivity contribution in [3.05, 3.63) is 23.8 Å². The summed E-state index contributed by atoms with van der Waals surface area (Å²) in [5, 5.41) is 9.24. The van der Waals surface area contributed by atoms with Crippen molar-refractivity contribution >= 4 is 5.97 Å². The Morgan fingerprint density at radius 2 is 1.95 bits per heavy atom. The molecule has 1 aromatic carbocycles. The number of benzene rings is 1. The molecule has 1 aromatic rings. The summed E-state index contributed by atoms with van der Waals surface area (Å²) in [6.45, 7) is 2.92. The Kier molecular flexibility index (Phi) is 4.29. The average molecular weight is 291 g/mol. The standard InChI is InChI=1S/C16H21NO4/c18-16(19)13-4-3-7-17(13)11-12-5-6-14-15(10-12)21-9-2-1-8-20-14/h5-6,10,13H,1-4,7-9,11H2,(H,18,19). The van der Waals surface area contributed by atoms with E-state index in [1.165, 1.54) is 0 Å². The van der Waals surface area contributed by atoms with Gasteiger partial charge in [0.2, 0.25) is 0 Å². The number of rotatable bonds is 3. The van der Waals surface area contributed by atoms with Crippen LogP contribution in [-0.4, -0.2) is 41.8 Å². The van der Waals surface area contributed by atoms with Crippen LogP contribution in [0.3, 0.4) is 0 Å². The largest absolute Gasteiger partial charge is 0.490 e. The maximum Gasteiger partial charge on any atom is 0.320 e. The zero-order chi connectivity index (χ0) is 14.7. The summed E-state index contributed by atoms with van der Waals surface area (Å²) in [5.74, 6) is 0.839. The number of aliphatic carboxylic acids is 1. The molecule has 1 atom stereocenters. The number of hydrogen-bond acceptors (Lipinski definition) is 4. The first-order chi connectivity index (χ1) is 10.2. The molecule has 1 fully saturated rings. The highest BCUT2D eigenvalue weighted by Gasteiger charge is 2.30. The van der Waals surface area contributed by atoms with Crippen molar-refractivity contribution in [2.45, 2.75) is 38.3 Å². The quantitative estimate of drug-likeness (QED) is 0.926. The van der Waals surface area contributed by atoms with Gasteiger partial charge in [0.25, 0.3) is 0 Å². The maximum absolute atomic E-state index is 11.2. The lowest BCUT2D eigenvalue weighted by atomic mass is 10.1. The first-order valence-corrected chi connectivity index (χ1v) is 7.59. The van der Waals surface area contributed by atoms with Crippen molar-refractivity contribution in [2.75, 3.05) is 19.8 Å². The number of carbonyl (C=O) groups is 1. The lowest BCUT2D eigenvalue weighted by Gasteiger charge is -2.22. The second-order valence-corrected chi connectivity index (χ2v) is 5.65. The summed E-state index contributed by atoms with van der Waals surface area (Å²) < 4.78 is 11.4. The molecular formula is C16H21NO4. The van der Waals surface area contributed by atoms with E-state index in [1.807, 2.05) is 23.1 Å². The van der Waals surface area contributed by atoms with Gasteiger partial charge in [0.15, 0.2) is 11.5 Å². The highest BCUT2D eigenvalue weighted by Crippen LogP contribution is 2.31. The van der Waals surface area contributed by atoms with Crippen molar-refractivity contribution in [2.24, 2.45) is 0 Å². The van der Waals surface area contributed by atoms with Crippen LogP contribution in [0.2, 0.25) is 0 Å². The van der Waals surface area contributed by atoms with Gasteiger partial charge in [-0.3, -0.25) is 9.69 Å². The molecule has 21 heavy (non-hydrogen) atoms. The van der Waals surface area contributed by atoms with Crippen LogP contribution in [0.15, 0.2) is 18.2 Å². The smallest absolute Gasteiger partial charge is 0.320 e. The maximum atomic E-state index is 11.2. The number of fused-ring (bicyclic) bond motifs is 1. The molecule has 5 heteroatoms. The van der Waals surface area contributed by atoms with E-state index in [4.69, 9.17) is 9.47 Å². The summed E-state index contributed by atoms with van der Waals surface area (Å²) in [6.07, 6.45) is 3.69. The molecule has 0 aromatic heterocycles. The monoisotopic (exact) mass is 291 g/mol. The van der Waals surface area contributed by atoms with Crippen molar-refractivity contribution in [3.8, 4) is 11.5 Å². The van der Waals surface area contributed by atoms with Crippen molar-refractivity contribution in [1.82, 2.24) is 4.90 Å². The minimum absolute atomic E-state index is 0.357. The average Bonchev–Trinajstić information content (AvgIpc) is 2.89. The van der Waals surface area contributed by atoms with Crippen LogP contribution < -0.4 is 9.47 Å². The SMILES string of the molecule is O=C(O)C1CCCN1Cc1ccc2c(c1)OCCCCO2. The van der Waals surface area contributed by atoms with Crippen LogP contribution >= 0.6 is 0 Å². The Labute approximate surface area is 124 Å². The summed E-state index contributed by atoms with van der Waals surface area (Å²) in [4.78, 5) is 13.3. The van der Waals surface area contributed by atoms with E-state index in [0.717, 1.165) is 55.9 Å². The molecule has 1 N–H and O–H groups in total. The van der Waals surface area contributed by atoms with Crippen molar-refractivity contribution < 1.29 is 19.4 Å². The van der Waals surface area contributed by atoms with Gasteiger partial charge in [-0.25, -0.2) is 0 Å². The molecule has 5 nitrogen and oxygen atoms in total. The second kappa shape index (κ2) is 6.35. The Morgan fingerprint density at radius 3 is 2.71 bits per heavy atom. The van der Waals surface area contributed by atoms with Crippen LogP contribution in [-0.2, 0) is 11.3 Å². The molecule has 1 unspecified atom stereocenters. The molecule has 1 saturated heterocycles. The summed E-state index contributed by atoms with van der Waals surface area (Å²) in [6, 6.07) is 5.56. The van der Waals surface area contributed by atoms with Crippen LogP contribution in [0, 0.1) is 0 Å². The highest BCUT2D eigenvalue weighted by atomic mass is 16.5. The molecular weight excluding hydrogens is 270 g/mol. The minimum atomic E-state index is -0.724.